The summed E-state index contributed by atoms with van der Waals surface area (Å²) >= 11 is 3.03. The number of hydrogen-bond donors (Lipinski definition) is 1. The van der Waals surface area contributed by atoms with Gasteiger partial charge in [0.15, 0.2) is 0 Å². The molecule has 2 rings (SSSR count). The standard InChI is InChI=1S/C13H12F3NS2/c14-13(15,16)10-5-2-1-4-9(10)11(17)8-19-12-6-3-7-18-12/h1-7,11H,8,17H2. The highest BCUT2D eigenvalue weighted by Gasteiger charge is 2.34. The molecule has 1 aromatic carbocycles. The average molecular weight is 303 g/mol. The summed E-state index contributed by atoms with van der Waals surface area (Å²) in [6.45, 7) is 0. The van der Waals surface area contributed by atoms with E-state index in [0.717, 1.165) is 10.3 Å². The molecule has 0 bridgehead atoms. The molecule has 0 fully saturated rings. The Labute approximate surface area is 117 Å². The van der Waals surface area contributed by atoms with Gasteiger partial charge in [-0.1, -0.05) is 24.3 Å². The molecule has 19 heavy (non-hydrogen) atoms. The lowest BCUT2D eigenvalue weighted by molar-refractivity contribution is -0.138. The summed E-state index contributed by atoms with van der Waals surface area (Å²) in [5.41, 5.74) is 5.40. The molecule has 1 atom stereocenters. The van der Waals surface area contributed by atoms with Crippen molar-refractivity contribution in [2.45, 2.75) is 16.4 Å². The Morgan fingerprint density at radius 1 is 1.16 bits per heavy atom. The highest BCUT2D eigenvalue weighted by Crippen LogP contribution is 2.35. The third-order valence-electron chi connectivity index (χ3n) is 2.57. The van der Waals surface area contributed by atoms with E-state index < -0.39 is 17.8 Å². The number of rotatable bonds is 4. The lowest BCUT2D eigenvalue weighted by atomic mass is 10.0. The molecule has 0 aliphatic rings. The molecule has 1 nitrogen and oxygen atoms in total. The van der Waals surface area contributed by atoms with Crippen molar-refractivity contribution in [2.24, 2.45) is 5.73 Å². The number of halogens is 3. The Kier molecular flexibility index (Phi) is 4.54. The van der Waals surface area contributed by atoms with Gasteiger partial charge in [-0.2, -0.15) is 13.2 Å². The molecule has 1 heterocycles. The number of benzene rings is 1. The van der Waals surface area contributed by atoms with Gasteiger partial charge >= 0.3 is 6.18 Å². The Hall–Kier alpha value is -0.980. The molecular formula is C13H12F3NS2. The van der Waals surface area contributed by atoms with Crippen LogP contribution in [0.15, 0.2) is 46.0 Å². The second-order valence-electron chi connectivity index (χ2n) is 3.93. The van der Waals surface area contributed by atoms with Gasteiger partial charge in [0, 0.05) is 11.8 Å². The van der Waals surface area contributed by atoms with Crippen LogP contribution in [0, 0.1) is 0 Å². The zero-order chi connectivity index (χ0) is 13.9. The normalized spacial score (nSPS) is 13.5. The smallest absolute Gasteiger partial charge is 0.323 e. The van der Waals surface area contributed by atoms with E-state index in [0.29, 0.717) is 5.75 Å². The first-order chi connectivity index (χ1) is 8.98. The lowest BCUT2D eigenvalue weighted by Gasteiger charge is -2.17. The molecule has 1 aromatic heterocycles. The average Bonchev–Trinajstić information content (AvgIpc) is 2.88. The second kappa shape index (κ2) is 5.98. The minimum absolute atomic E-state index is 0.152. The van der Waals surface area contributed by atoms with Crippen LogP contribution in [-0.4, -0.2) is 5.75 Å². The van der Waals surface area contributed by atoms with E-state index in [-0.39, 0.29) is 5.56 Å². The maximum atomic E-state index is 12.9. The number of hydrogen-bond acceptors (Lipinski definition) is 3. The van der Waals surface area contributed by atoms with Crippen LogP contribution in [-0.2, 0) is 6.18 Å². The molecule has 0 aliphatic heterocycles. The summed E-state index contributed by atoms with van der Waals surface area (Å²) in [6, 6.07) is 8.68. The third kappa shape index (κ3) is 3.75. The van der Waals surface area contributed by atoms with Gasteiger partial charge in [-0.25, -0.2) is 0 Å². The summed E-state index contributed by atoms with van der Waals surface area (Å²) in [5, 5.41) is 1.93. The summed E-state index contributed by atoms with van der Waals surface area (Å²) in [4.78, 5) is 0. The van der Waals surface area contributed by atoms with Crippen LogP contribution in [0.3, 0.4) is 0 Å². The van der Waals surface area contributed by atoms with Gasteiger partial charge in [-0.3, -0.25) is 0 Å². The van der Waals surface area contributed by atoms with Crippen molar-refractivity contribution in [3.8, 4) is 0 Å². The van der Waals surface area contributed by atoms with E-state index in [9.17, 15) is 13.2 Å². The molecule has 1 unspecified atom stereocenters. The monoisotopic (exact) mass is 303 g/mol. The predicted molar refractivity (Wildman–Crippen MR) is 73.4 cm³/mol. The van der Waals surface area contributed by atoms with Crippen LogP contribution in [0.1, 0.15) is 17.2 Å². The first kappa shape index (κ1) is 14.4. The number of thioether (sulfide) groups is 1. The highest BCUT2D eigenvalue weighted by molar-refractivity contribution is 8.01. The molecule has 0 amide bonds. The largest absolute Gasteiger partial charge is 0.416 e. The van der Waals surface area contributed by atoms with Crippen molar-refractivity contribution in [3.63, 3.8) is 0 Å². The molecule has 6 heteroatoms. The van der Waals surface area contributed by atoms with Crippen LogP contribution in [0.2, 0.25) is 0 Å². The van der Waals surface area contributed by atoms with Gasteiger partial charge in [-0.15, -0.1) is 23.1 Å². The number of thiophene rings is 1. The molecular weight excluding hydrogens is 291 g/mol. The van der Waals surface area contributed by atoms with Crippen LogP contribution in [0.4, 0.5) is 13.2 Å². The summed E-state index contributed by atoms with van der Waals surface area (Å²) in [7, 11) is 0. The van der Waals surface area contributed by atoms with Crippen LogP contribution in [0.25, 0.3) is 0 Å². The minimum atomic E-state index is -4.36. The quantitative estimate of drug-likeness (QED) is 0.838. The van der Waals surface area contributed by atoms with E-state index >= 15 is 0 Å². The number of nitrogens with two attached hydrogens (primary N) is 1. The van der Waals surface area contributed by atoms with E-state index in [1.54, 1.807) is 17.4 Å². The van der Waals surface area contributed by atoms with Crippen molar-refractivity contribution in [1.29, 1.82) is 0 Å². The zero-order valence-corrected chi connectivity index (χ0v) is 11.5. The zero-order valence-electron chi connectivity index (χ0n) is 9.85. The second-order valence-corrected chi connectivity index (χ2v) is 6.20. The topological polar surface area (TPSA) is 26.0 Å². The Bertz CT molecular complexity index is 523. The van der Waals surface area contributed by atoms with Gasteiger partial charge in [-0.05, 0) is 23.1 Å². The van der Waals surface area contributed by atoms with Gasteiger partial charge in [0.1, 0.15) is 0 Å². The molecule has 102 valence electrons. The fraction of sp³-hybridized carbons (Fsp3) is 0.231. The van der Waals surface area contributed by atoms with Crippen molar-refractivity contribution >= 4 is 23.1 Å². The minimum Gasteiger partial charge on any atom is -0.323 e. The molecule has 0 radical (unpaired) electrons. The molecule has 0 spiro atoms. The van der Waals surface area contributed by atoms with Crippen molar-refractivity contribution in [3.05, 3.63) is 52.9 Å². The summed E-state index contributed by atoms with van der Waals surface area (Å²) in [6.07, 6.45) is -4.36. The summed E-state index contributed by atoms with van der Waals surface area (Å²) in [5.74, 6) is 0.424. The van der Waals surface area contributed by atoms with E-state index in [1.807, 2.05) is 17.5 Å². The fourth-order valence-corrected chi connectivity index (χ4v) is 3.48. The Balaban J connectivity index is 2.12. The van der Waals surface area contributed by atoms with Crippen LogP contribution in [0.5, 0.6) is 0 Å². The molecule has 2 N–H and O–H groups in total. The van der Waals surface area contributed by atoms with Crippen molar-refractivity contribution in [1.82, 2.24) is 0 Å². The molecule has 0 saturated heterocycles. The van der Waals surface area contributed by atoms with Crippen molar-refractivity contribution < 1.29 is 13.2 Å². The lowest BCUT2D eigenvalue weighted by Crippen LogP contribution is -2.19. The summed E-state index contributed by atoms with van der Waals surface area (Å²) < 4.78 is 39.6. The molecule has 0 aliphatic carbocycles. The van der Waals surface area contributed by atoms with Crippen molar-refractivity contribution in [2.75, 3.05) is 5.75 Å². The van der Waals surface area contributed by atoms with E-state index in [4.69, 9.17) is 5.73 Å². The third-order valence-corrected chi connectivity index (χ3v) is 4.82. The van der Waals surface area contributed by atoms with Gasteiger partial charge in [0.05, 0.1) is 9.77 Å². The first-order valence-corrected chi connectivity index (χ1v) is 7.43. The van der Waals surface area contributed by atoms with Crippen LogP contribution < -0.4 is 5.73 Å². The Morgan fingerprint density at radius 2 is 1.89 bits per heavy atom. The SMILES string of the molecule is NC(CSc1cccs1)c1ccccc1C(F)(F)F. The van der Waals surface area contributed by atoms with Gasteiger partial charge in [0.25, 0.3) is 0 Å². The maximum Gasteiger partial charge on any atom is 0.416 e. The molecule has 2 aromatic rings. The first-order valence-electron chi connectivity index (χ1n) is 5.56. The predicted octanol–water partition coefficient (Wildman–Crippen LogP) is 4.56. The van der Waals surface area contributed by atoms with Gasteiger partial charge < -0.3 is 5.73 Å². The molecule has 0 saturated carbocycles. The Morgan fingerprint density at radius 3 is 2.53 bits per heavy atom. The van der Waals surface area contributed by atoms with Crippen LogP contribution >= 0.6 is 23.1 Å². The fourth-order valence-electron chi connectivity index (χ4n) is 1.69. The van der Waals surface area contributed by atoms with E-state index in [2.05, 4.69) is 0 Å². The van der Waals surface area contributed by atoms with E-state index in [1.165, 1.54) is 23.9 Å². The maximum absolute atomic E-state index is 12.9. The highest BCUT2D eigenvalue weighted by atomic mass is 32.2. The van der Waals surface area contributed by atoms with Gasteiger partial charge in [0.2, 0.25) is 0 Å². The number of alkyl halides is 3.